The predicted molar refractivity (Wildman–Crippen MR) is 78.5 cm³/mol. The van der Waals surface area contributed by atoms with E-state index in [9.17, 15) is 28.3 Å². The molecule has 0 aliphatic carbocycles. The molecule has 2 atom stereocenters. The lowest BCUT2D eigenvalue weighted by molar-refractivity contribution is -0.146. The summed E-state index contributed by atoms with van der Waals surface area (Å²) < 4.78 is 31.4. The smallest absolute Gasteiger partial charge is 0.407 e. The first-order valence-electron chi connectivity index (χ1n) is 7.45. The third kappa shape index (κ3) is 4.06. The van der Waals surface area contributed by atoms with Crippen molar-refractivity contribution < 1.29 is 33.0 Å². The average Bonchev–Trinajstić information content (AvgIpc) is 2.91. The zero-order valence-electron chi connectivity index (χ0n) is 13.0. The maximum Gasteiger partial charge on any atom is 0.407 e. The topological polar surface area (TPSA) is 83.9 Å². The molecule has 1 aliphatic heterocycles. The summed E-state index contributed by atoms with van der Waals surface area (Å²) in [7, 11) is 0. The number of rotatable bonds is 5. The van der Waals surface area contributed by atoms with E-state index in [1.165, 1.54) is 0 Å². The van der Waals surface area contributed by atoms with Gasteiger partial charge in [-0.05, 0) is 31.0 Å². The standard InChI is InChI=1S/C16H17F2NO5/c1-2-24-15(21)7-14(20)13-5-10(8-19(13)16(22)23)9-3-11(17)6-12(18)4-9/h3-4,6,10,13H,2,5,7-8H2,1H3,(H,22,23)/t10-,13?/m1/s1. The molecule has 1 aromatic rings. The second-order valence-corrected chi connectivity index (χ2v) is 5.53. The lowest BCUT2D eigenvalue weighted by atomic mass is 9.94. The summed E-state index contributed by atoms with van der Waals surface area (Å²) in [6, 6.07) is 1.91. The van der Waals surface area contributed by atoms with E-state index >= 15 is 0 Å². The van der Waals surface area contributed by atoms with Gasteiger partial charge in [0.15, 0.2) is 5.78 Å². The second-order valence-electron chi connectivity index (χ2n) is 5.53. The van der Waals surface area contributed by atoms with Crippen LogP contribution in [-0.2, 0) is 14.3 Å². The molecule has 1 amide bonds. The fraction of sp³-hybridized carbons (Fsp3) is 0.438. The Morgan fingerprint density at radius 1 is 1.25 bits per heavy atom. The zero-order chi connectivity index (χ0) is 17.9. The van der Waals surface area contributed by atoms with Crippen LogP contribution in [0.15, 0.2) is 18.2 Å². The Morgan fingerprint density at radius 2 is 1.88 bits per heavy atom. The van der Waals surface area contributed by atoms with Crippen LogP contribution in [0.1, 0.15) is 31.2 Å². The van der Waals surface area contributed by atoms with Crippen molar-refractivity contribution in [1.29, 1.82) is 0 Å². The molecule has 1 fully saturated rings. The minimum atomic E-state index is -1.32. The number of nitrogens with zero attached hydrogens (tertiary/aromatic N) is 1. The molecular formula is C16H17F2NO5. The Balaban J connectivity index is 2.18. The number of benzene rings is 1. The van der Waals surface area contributed by atoms with Gasteiger partial charge in [-0.25, -0.2) is 13.6 Å². The Kier molecular flexibility index (Phi) is 5.48. The van der Waals surface area contributed by atoms with Crippen LogP contribution in [0.4, 0.5) is 13.6 Å². The Bertz CT molecular complexity index is 644. The van der Waals surface area contributed by atoms with E-state index in [2.05, 4.69) is 4.74 Å². The minimum absolute atomic E-state index is 0.0629. The van der Waals surface area contributed by atoms with Crippen LogP contribution in [0.2, 0.25) is 0 Å². The summed E-state index contributed by atoms with van der Waals surface area (Å²) in [4.78, 5) is 35.9. The monoisotopic (exact) mass is 341 g/mol. The van der Waals surface area contributed by atoms with Crippen LogP contribution in [0.25, 0.3) is 0 Å². The summed E-state index contributed by atoms with van der Waals surface area (Å²) in [6.45, 7) is 1.64. The minimum Gasteiger partial charge on any atom is -0.466 e. The summed E-state index contributed by atoms with van der Waals surface area (Å²) in [6.07, 6.45) is -1.79. The fourth-order valence-corrected chi connectivity index (χ4v) is 2.88. The van der Waals surface area contributed by atoms with E-state index in [1.54, 1.807) is 6.92 Å². The normalized spacial score (nSPS) is 20.0. The first-order chi connectivity index (χ1) is 11.3. The van der Waals surface area contributed by atoms with E-state index in [1.807, 2.05) is 0 Å². The third-order valence-electron chi connectivity index (χ3n) is 3.90. The number of hydrogen-bond acceptors (Lipinski definition) is 4. The highest BCUT2D eigenvalue weighted by molar-refractivity contribution is 5.99. The van der Waals surface area contributed by atoms with Gasteiger partial charge in [0.1, 0.15) is 18.1 Å². The van der Waals surface area contributed by atoms with E-state index in [0.29, 0.717) is 0 Å². The van der Waals surface area contributed by atoms with Crippen LogP contribution < -0.4 is 0 Å². The lowest BCUT2D eigenvalue weighted by Gasteiger charge is -2.19. The lowest BCUT2D eigenvalue weighted by Crippen LogP contribution is -2.40. The maximum atomic E-state index is 13.4. The molecule has 1 unspecified atom stereocenters. The molecule has 1 aliphatic rings. The van der Waals surface area contributed by atoms with Crippen LogP contribution in [0, 0.1) is 11.6 Å². The van der Waals surface area contributed by atoms with Crippen molar-refractivity contribution in [3.63, 3.8) is 0 Å². The van der Waals surface area contributed by atoms with Gasteiger partial charge in [0.2, 0.25) is 0 Å². The highest BCUT2D eigenvalue weighted by Gasteiger charge is 2.40. The van der Waals surface area contributed by atoms with Gasteiger partial charge in [-0.3, -0.25) is 14.5 Å². The number of amides is 1. The fourth-order valence-electron chi connectivity index (χ4n) is 2.88. The van der Waals surface area contributed by atoms with Gasteiger partial charge in [0.25, 0.3) is 0 Å². The molecule has 2 rings (SSSR count). The van der Waals surface area contributed by atoms with Gasteiger partial charge in [-0.1, -0.05) is 0 Å². The Morgan fingerprint density at radius 3 is 2.42 bits per heavy atom. The molecule has 1 saturated heterocycles. The zero-order valence-corrected chi connectivity index (χ0v) is 13.0. The van der Waals surface area contributed by atoms with Crippen molar-refractivity contribution in [1.82, 2.24) is 4.90 Å². The number of Topliss-reactive ketones (excluding diaryl/α,β-unsaturated/α-hetero) is 1. The quantitative estimate of drug-likeness (QED) is 0.656. The first-order valence-corrected chi connectivity index (χ1v) is 7.45. The van der Waals surface area contributed by atoms with E-state index in [-0.39, 0.29) is 25.1 Å². The highest BCUT2D eigenvalue weighted by atomic mass is 19.1. The number of ketones is 1. The maximum absolute atomic E-state index is 13.4. The molecule has 0 aromatic heterocycles. The van der Waals surface area contributed by atoms with Crippen molar-refractivity contribution >= 4 is 17.8 Å². The number of hydrogen-bond donors (Lipinski definition) is 1. The van der Waals surface area contributed by atoms with Crippen LogP contribution in [0.3, 0.4) is 0 Å². The largest absolute Gasteiger partial charge is 0.466 e. The SMILES string of the molecule is CCOC(=O)CC(=O)C1C[C@@H](c2cc(F)cc(F)c2)CN1C(=O)O. The van der Waals surface area contributed by atoms with Gasteiger partial charge < -0.3 is 9.84 Å². The molecule has 0 saturated carbocycles. The Hall–Kier alpha value is -2.51. The van der Waals surface area contributed by atoms with Crippen molar-refractivity contribution in [3.05, 3.63) is 35.4 Å². The molecule has 0 bridgehead atoms. The predicted octanol–water partition coefficient (Wildman–Crippen LogP) is 2.32. The number of carbonyl (C=O) groups is 3. The molecule has 1 heterocycles. The van der Waals surface area contributed by atoms with Crippen molar-refractivity contribution in [2.75, 3.05) is 13.2 Å². The highest BCUT2D eigenvalue weighted by Crippen LogP contribution is 2.33. The second kappa shape index (κ2) is 7.37. The number of carbonyl (C=O) groups excluding carboxylic acids is 2. The van der Waals surface area contributed by atoms with E-state index in [4.69, 9.17) is 0 Å². The molecule has 1 N–H and O–H groups in total. The van der Waals surface area contributed by atoms with Gasteiger partial charge in [0.05, 0.1) is 12.6 Å². The molecule has 1 aromatic carbocycles. The molecule has 6 nitrogen and oxygen atoms in total. The van der Waals surface area contributed by atoms with Gasteiger partial charge in [-0.15, -0.1) is 0 Å². The third-order valence-corrected chi connectivity index (χ3v) is 3.90. The van der Waals surface area contributed by atoms with Crippen LogP contribution in [-0.4, -0.2) is 47.0 Å². The van der Waals surface area contributed by atoms with Crippen LogP contribution >= 0.6 is 0 Å². The van der Waals surface area contributed by atoms with Crippen molar-refractivity contribution in [2.45, 2.75) is 31.7 Å². The molecule has 130 valence electrons. The van der Waals surface area contributed by atoms with E-state index < -0.39 is 47.9 Å². The molecule has 0 radical (unpaired) electrons. The average molecular weight is 341 g/mol. The number of likely N-dealkylation sites (tertiary alicyclic amines) is 1. The molecule has 24 heavy (non-hydrogen) atoms. The Labute approximate surface area is 137 Å². The number of esters is 1. The first kappa shape index (κ1) is 17.8. The van der Waals surface area contributed by atoms with Crippen LogP contribution in [0.5, 0.6) is 0 Å². The number of ether oxygens (including phenoxy) is 1. The van der Waals surface area contributed by atoms with Gasteiger partial charge >= 0.3 is 12.1 Å². The summed E-state index contributed by atoms with van der Waals surface area (Å²) >= 11 is 0. The molecule has 0 spiro atoms. The van der Waals surface area contributed by atoms with E-state index in [0.717, 1.165) is 23.1 Å². The number of carboxylic acid groups (broad SMARTS) is 1. The van der Waals surface area contributed by atoms with Gasteiger partial charge in [-0.2, -0.15) is 0 Å². The summed E-state index contributed by atoms with van der Waals surface area (Å²) in [5.41, 5.74) is 0.283. The number of halogens is 2. The van der Waals surface area contributed by atoms with Gasteiger partial charge in [0, 0.05) is 18.5 Å². The molecular weight excluding hydrogens is 324 g/mol. The summed E-state index contributed by atoms with van der Waals surface area (Å²) in [5.74, 6) is -3.38. The molecule has 8 heteroatoms. The van der Waals surface area contributed by atoms with Crippen molar-refractivity contribution in [3.8, 4) is 0 Å². The van der Waals surface area contributed by atoms with Crippen molar-refractivity contribution in [2.24, 2.45) is 0 Å². The summed E-state index contributed by atoms with van der Waals surface area (Å²) in [5, 5.41) is 9.25.